The number of nitrogens with zero attached hydrogens (tertiary/aromatic N) is 3. The second kappa shape index (κ2) is 6.59. The molecule has 0 saturated carbocycles. The smallest absolute Gasteiger partial charge is 0.322 e. The van der Waals surface area contributed by atoms with Crippen LogP contribution in [0, 0.1) is 5.92 Å². The summed E-state index contributed by atoms with van der Waals surface area (Å²) >= 11 is 0. The Kier molecular flexibility index (Phi) is 4.26. The number of amides is 2. The number of ether oxygens (including phenoxy) is 1. The highest BCUT2D eigenvalue weighted by molar-refractivity contribution is 5.89. The first-order valence-electron chi connectivity index (χ1n) is 9.17. The van der Waals surface area contributed by atoms with Gasteiger partial charge in [-0.15, -0.1) is 0 Å². The van der Waals surface area contributed by atoms with Crippen LogP contribution in [0.5, 0.6) is 5.75 Å². The van der Waals surface area contributed by atoms with Gasteiger partial charge in [0.2, 0.25) is 0 Å². The van der Waals surface area contributed by atoms with Gasteiger partial charge in [-0.25, -0.2) is 14.8 Å². The molecule has 2 aromatic rings. The fourth-order valence-electron chi connectivity index (χ4n) is 3.50. The standard InChI is InChI=1S/C20H24N4O2/c1-12(2)6-19-21-9-15-10-24(11-17(15)23-19)20(25)22-16-4-5-18-14(8-16)7-13(3)26-18/h4-5,8-9,12-13H,6-7,10-11H2,1-3H3,(H,22,25). The molecule has 26 heavy (non-hydrogen) atoms. The number of carbonyl (C=O) groups is 1. The summed E-state index contributed by atoms with van der Waals surface area (Å²) in [5.41, 5.74) is 3.93. The van der Waals surface area contributed by atoms with Gasteiger partial charge in [-0.3, -0.25) is 0 Å². The molecule has 0 aliphatic carbocycles. The lowest BCUT2D eigenvalue weighted by molar-refractivity contribution is 0.212. The van der Waals surface area contributed by atoms with Crippen LogP contribution in [0.1, 0.15) is 43.4 Å². The second-order valence-corrected chi connectivity index (χ2v) is 7.60. The highest BCUT2D eigenvalue weighted by atomic mass is 16.5. The molecule has 1 atom stereocenters. The van der Waals surface area contributed by atoms with Gasteiger partial charge in [0.25, 0.3) is 0 Å². The van der Waals surface area contributed by atoms with Gasteiger partial charge in [0.15, 0.2) is 0 Å². The molecule has 4 rings (SSSR count). The summed E-state index contributed by atoms with van der Waals surface area (Å²) in [6, 6.07) is 5.70. The van der Waals surface area contributed by atoms with Crippen LogP contribution >= 0.6 is 0 Å². The number of anilines is 1. The van der Waals surface area contributed by atoms with Crippen LogP contribution in [0.3, 0.4) is 0 Å². The number of hydrogen-bond donors (Lipinski definition) is 1. The van der Waals surface area contributed by atoms with Crippen molar-refractivity contribution >= 4 is 11.7 Å². The van der Waals surface area contributed by atoms with Crippen molar-refractivity contribution in [3.63, 3.8) is 0 Å². The maximum absolute atomic E-state index is 12.6. The zero-order valence-electron chi connectivity index (χ0n) is 15.5. The molecular weight excluding hydrogens is 328 g/mol. The number of nitrogens with one attached hydrogen (secondary N) is 1. The molecule has 1 aromatic heterocycles. The van der Waals surface area contributed by atoms with Crippen LogP contribution in [0.4, 0.5) is 10.5 Å². The van der Waals surface area contributed by atoms with E-state index in [4.69, 9.17) is 4.74 Å². The largest absolute Gasteiger partial charge is 0.490 e. The minimum Gasteiger partial charge on any atom is -0.490 e. The minimum absolute atomic E-state index is 0.111. The third kappa shape index (κ3) is 3.36. The van der Waals surface area contributed by atoms with Gasteiger partial charge >= 0.3 is 6.03 Å². The Morgan fingerprint density at radius 2 is 2.19 bits per heavy atom. The molecule has 0 radical (unpaired) electrons. The van der Waals surface area contributed by atoms with Crippen LogP contribution < -0.4 is 10.1 Å². The highest BCUT2D eigenvalue weighted by Gasteiger charge is 2.26. The van der Waals surface area contributed by atoms with Gasteiger partial charge in [0.1, 0.15) is 17.7 Å². The van der Waals surface area contributed by atoms with E-state index in [1.165, 1.54) is 0 Å². The Hall–Kier alpha value is -2.63. The van der Waals surface area contributed by atoms with E-state index < -0.39 is 0 Å². The molecule has 0 spiro atoms. The summed E-state index contributed by atoms with van der Waals surface area (Å²) in [6.07, 6.45) is 3.79. The molecule has 6 heteroatoms. The molecule has 0 saturated heterocycles. The zero-order valence-corrected chi connectivity index (χ0v) is 15.5. The molecule has 1 aromatic carbocycles. The first kappa shape index (κ1) is 16.8. The summed E-state index contributed by atoms with van der Waals surface area (Å²) < 4.78 is 5.71. The van der Waals surface area contributed by atoms with Gasteiger partial charge in [-0.2, -0.15) is 0 Å². The number of carbonyl (C=O) groups excluding carboxylic acids is 1. The summed E-state index contributed by atoms with van der Waals surface area (Å²) in [6.45, 7) is 7.43. The second-order valence-electron chi connectivity index (χ2n) is 7.60. The van der Waals surface area contributed by atoms with E-state index in [9.17, 15) is 4.79 Å². The van der Waals surface area contributed by atoms with Gasteiger partial charge in [-0.05, 0) is 36.6 Å². The third-order valence-corrected chi connectivity index (χ3v) is 4.73. The van der Waals surface area contributed by atoms with E-state index in [-0.39, 0.29) is 12.1 Å². The van der Waals surface area contributed by atoms with E-state index in [2.05, 4.69) is 29.1 Å². The van der Waals surface area contributed by atoms with Crippen molar-refractivity contribution in [3.05, 3.63) is 47.0 Å². The third-order valence-electron chi connectivity index (χ3n) is 4.73. The lowest BCUT2D eigenvalue weighted by Crippen LogP contribution is -2.30. The zero-order chi connectivity index (χ0) is 18.3. The molecule has 2 aliphatic heterocycles. The molecule has 2 aliphatic rings. The van der Waals surface area contributed by atoms with Gasteiger partial charge in [0, 0.05) is 30.3 Å². The molecule has 136 valence electrons. The topological polar surface area (TPSA) is 67.4 Å². The fourth-order valence-corrected chi connectivity index (χ4v) is 3.50. The molecule has 2 amide bonds. The van der Waals surface area contributed by atoms with E-state index in [0.717, 1.165) is 46.9 Å². The Morgan fingerprint density at radius 3 is 3.00 bits per heavy atom. The van der Waals surface area contributed by atoms with Crippen molar-refractivity contribution in [1.82, 2.24) is 14.9 Å². The highest BCUT2D eigenvalue weighted by Crippen LogP contribution is 2.31. The SMILES string of the molecule is CC(C)Cc1ncc2c(n1)CN(C(=O)Nc1ccc3c(c1)CC(C)O3)C2. The number of fused-ring (bicyclic) bond motifs is 2. The Labute approximate surface area is 153 Å². The van der Waals surface area contributed by atoms with Crippen molar-refractivity contribution in [2.45, 2.75) is 52.8 Å². The quantitative estimate of drug-likeness (QED) is 0.917. The number of urea groups is 1. The Bertz CT molecular complexity index is 850. The number of hydrogen-bond acceptors (Lipinski definition) is 4. The predicted octanol–water partition coefficient (Wildman–Crippen LogP) is 3.55. The lowest BCUT2D eigenvalue weighted by atomic mass is 10.1. The van der Waals surface area contributed by atoms with Gasteiger partial charge in [-0.1, -0.05) is 13.8 Å². The van der Waals surface area contributed by atoms with Crippen LogP contribution in [0.2, 0.25) is 0 Å². The number of rotatable bonds is 3. The molecule has 1 unspecified atom stereocenters. The van der Waals surface area contributed by atoms with Crippen LogP contribution in [-0.2, 0) is 25.9 Å². The molecule has 6 nitrogen and oxygen atoms in total. The molecular formula is C20H24N4O2. The predicted molar refractivity (Wildman–Crippen MR) is 99.1 cm³/mol. The van der Waals surface area contributed by atoms with E-state index in [0.29, 0.717) is 19.0 Å². The monoisotopic (exact) mass is 352 g/mol. The fraction of sp³-hybridized carbons (Fsp3) is 0.450. The number of benzene rings is 1. The normalized spacial score (nSPS) is 17.8. The van der Waals surface area contributed by atoms with Crippen molar-refractivity contribution in [3.8, 4) is 5.75 Å². The van der Waals surface area contributed by atoms with Crippen LogP contribution in [0.15, 0.2) is 24.4 Å². The summed E-state index contributed by atoms with van der Waals surface area (Å²) in [5, 5.41) is 2.99. The Balaban J connectivity index is 1.42. The molecule has 0 bridgehead atoms. The van der Waals surface area contributed by atoms with Gasteiger partial charge < -0.3 is 15.0 Å². The minimum atomic E-state index is -0.111. The summed E-state index contributed by atoms with van der Waals surface area (Å²) in [5.74, 6) is 2.28. The first-order valence-corrected chi connectivity index (χ1v) is 9.17. The summed E-state index contributed by atoms with van der Waals surface area (Å²) in [4.78, 5) is 23.5. The molecule has 0 fully saturated rings. The van der Waals surface area contributed by atoms with Crippen molar-refractivity contribution in [2.75, 3.05) is 5.32 Å². The van der Waals surface area contributed by atoms with E-state index in [1.807, 2.05) is 31.3 Å². The summed E-state index contributed by atoms with van der Waals surface area (Å²) in [7, 11) is 0. The van der Waals surface area contributed by atoms with Gasteiger partial charge in [0.05, 0.1) is 18.8 Å². The number of aromatic nitrogens is 2. The average Bonchev–Trinajstić information content (AvgIpc) is 3.15. The van der Waals surface area contributed by atoms with Crippen molar-refractivity contribution in [1.29, 1.82) is 0 Å². The maximum atomic E-state index is 12.6. The average molecular weight is 352 g/mol. The first-order chi connectivity index (χ1) is 12.5. The lowest BCUT2D eigenvalue weighted by Gasteiger charge is -2.16. The van der Waals surface area contributed by atoms with Crippen molar-refractivity contribution < 1.29 is 9.53 Å². The van der Waals surface area contributed by atoms with E-state index in [1.54, 1.807) is 4.90 Å². The van der Waals surface area contributed by atoms with Crippen LogP contribution in [-0.4, -0.2) is 27.0 Å². The maximum Gasteiger partial charge on any atom is 0.322 e. The molecule has 3 heterocycles. The Morgan fingerprint density at radius 1 is 1.35 bits per heavy atom. The molecule has 1 N–H and O–H groups in total. The van der Waals surface area contributed by atoms with Crippen LogP contribution in [0.25, 0.3) is 0 Å². The van der Waals surface area contributed by atoms with Crippen molar-refractivity contribution in [2.24, 2.45) is 5.92 Å². The van der Waals surface area contributed by atoms with E-state index >= 15 is 0 Å².